The van der Waals surface area contributed by atoms with E-state index in [0.29, 0.717) is 0 Å². The summed E-state index contributed by atoms with van der Waals surface area (Å²) >= 11 is 1.72. The number of thioether (sulfide) groups is 1. The molecule has 2 unspecified atom stereocenters. The maximum atomic E-state index is 12.7. The molecule has 2 atom stereocenters. The van der Waals surface area contributed by atoms with Crippen molar-refractivity contribution in [1.82, 2.24) is 0 Å². The van der Waals surface area contributed by atoms with E-state index in [-0.39, 0.29) is 10.8 Å². The maximum absolute atomic E-state index is 12.7. The molecule has 4 rings (SSSR count). The monoisotopic (exact) mass is 311 g/mol. The van der Waals surface area contributed by atoms with Gasteiger partial charge in [-0.05, 0) is 42.9 Å². The average Bonchev–Trinajstić information content (AvgIpc) is 2.59. The van der Waals surface area contributed by atoms with Crippen molar-refractivity contribution < 1.29 is 9.53 Å². The quantitative estimate of drug-likeness (QED) is 0.813. The molecular weight excluding hydrogens is 294 g/mol. The minimum atomic E-state index is -0.404. The topological polar surface area (TPSA) is 29.5 Å². The molecule has 1 amide bonds. The fraction of sp³-hybridized carbons (Fsp3) is 0.278. The molecule has 0 spiro atoms. The van der Waals surface area contributed by atoms with Crippen LogP contribution in [0.5, 0.6) is 5.75 Å². The summed E-state index contributed by atoms with van der Waals surface area (Å²) in [4.78, 5) is 14.4. The number of nitrogens with zero attached hydrogens (tertiary/aromatic N) is 1. The zero-order chi connectivity index (χ0) is 15.2. The number of amides is 1. The molecule has 0 radical (unpaired) electrons. The number of anilines is 1. The summed E-state index contributed by atoms with van der Waals surface area (Å²) in [7, 11) is 0. The molecule has 3 nitrogen and oxygen atoms in total. The third-order valence-corrected chi connectivity index (χ3v) is 5.88. The number of benzene rings is 2. The lowest BCUT2D eigenvalue weighted by molar-refractivity contribution is -0.136. The molecule has 0 N–H and O–H groups in total. The van der Waals surface area contributed by atoms with Crippen molar-refractivity contribution in [2.75, 3.05) is 11.2 Å². The lowest BCUT2D eigenvalue weighted by atomic mass is 9.84. The molecule has 0 saturated carbocycles. The van der Waals surface area contributed by atoms with Gasteiger partial charge in [0.15, 0.2) is 0 Å². The molecule has 4 heteroatoms. The minimum absolute atomic E-state index is 0.0605. The highest BCUT2D eigenvalue weighted by molar-refractivity contribution is 8.00. The Hall–Kier alpha value is -1.94. The third-order valence-electron chi connectivity index (χ3n) is 4.57. The van der Waals surface area contributed by atoms with Crippen LogP contribution in [0.15, 0.2) is 54.6 Å². The second-order valence-electron chi connectivity index (χ2n) is 5.66. The molecule has 0 aromatic heterocycles. The van der Waals surface area contributed by atoms with Crippen molar-refractivity contribution in [3.8, 4) is 5.75 Å². The number of carbonyl (C=O) groups excluding carboxylic acids is 1. The summed E-state index contributed by atoms with van der Waals surface area (Å²) in [5, 5.41) is 0. The van der Waals surface area contributed by atoms with Gasteiger partial charge in [-0.2, -0.15) is 0 Å². The fourth-order valence-corrected chi connectivity index (χ4v) is 4.49. The number of fused-ring (bicyclic) bond motifs is 3. The van der Waals surface area contributed by atoms with Gasteiger partial charge in [0.25, 0.3) is 5.91 Å². The van der Waals surface area contributed by atoms with Crippen LogP contribution >= 0.6 is 11.8 Å². The Balaban J connectivity index is 1.69. The number of carbonyl (C=O) groups is 1. The Bertz CT molecular complexity index is 718. The number of hydrogen-bond donors (Lipinski definition) is 0. The summed E-state index contributed by atoms with van der Waals surface area (Å²) in [6.07, 6.45) is 3.57. The number of para-hydroxylation sites is 2. The first kappa shape index (κ1) is 13.7. The minimum Gasteiger partial charge on any atom is -0.477 e. The Morgan fingerprint density at radius 2 is 1.86 bits per heavy atom. The standard InChI is InChI=1S/C18H17NO2S/c1-22-18-12-11-13-7-5-6-10-15(13)19(18)17(20)16(18)21-14-8-3-2-4-9-14/h2-10,16H,11-12H2,1H3. The lowest BCUT2D eigenvalue weighted by Crippen LogP contribution is -2.76. The highest BCUT2D eigenvalue weighted by Crippen LogP contribution is 2.52. The summed E-state index contributed by atoms with van der Waals surface area (Å²) < 4.78 is 6.03. The molecule has 2 aromatic carbocycles. The molecule has 2 aromatic rings. The van der Waals surface area contributed by atoms with Crippen molar-refractivity contribution in [2.45, 2.75) is 23.8 Å². The first-order chi connectivity index (χ1) is 10.8. The Morgan fingerprint density at radius 3 is 2.64 bits per heavy atom. The average molecular weight is 311 g/mol. The van der Waals surface area contributed by atoms with E-state index in [4.69, 9.17) is 4.74 Å². The van der Waals surface area contributed by atoms with E-state index < -0.39 is 6.10 Å². The second-order valence-corrected chi connectivity index (χ2v) is 6.78. The van der Waals surface area contributed by atoms with Crippen molar-refractivity contribution in [3.05, 3.63) is 60.2 Å². The van der Waals surface area contributed by atoms with Crippen LogP contribution in [0.1, 0.15) is 12.0 Å². The van der Waals surface area contributed by atoms with E-state index in [0.717, 1.165) is 24.3 Å². The second kappa shape index (κ2) is 5.06. The highest BCUT2D eigenvalue weighted by Gasteiger charge is 2.64. The molecule has 2 aliphatic heterocycles. The Labute approximate surface area is 134 Å². The van der Waals surface area contributed by atoms with Crippen molar-refractivity contribution in [3.63, 3.8) is 0 Å². The van der Waals surface area contributed by atoms with Crippen LogP contribution in [-0.2, 0) is 11.2 Å². The van der Waals surface area contributed by atoms with Gasteiger partial charge in [-0.15, -0.1) is 11.8 Å². The fourth-order valence-electron chi connectivity index (χ4n) is 3.45. The predicted octanol–water partition coefficient (Wildman–Crippen LogP) is 3.49. The zero-order valence-electron chi connectivity index (χ0n) is 12.4. The van der Waals surface area contributed by atoms with Crippen LogP contribution in [0, 0.1) is 0 Å². The van der Waals surface area contributed by atoms with E-state index in [1.165, 1.54) is 5.56 Å². The van der Waals surface area contributed by atoms with Gasteiger partial charge in [-0.25, -0.2) is 0 Å². The van der Waals surface area contributed by atoms with Gasteiger partial charge >= 0.3 is 0 Å². The van der Waals surface area contributed by atoms with Gasteiger partial charge in [0.05, 0.1) is 0 Å². The number of rotatable bonds is 3. The SMILES string of the molecule is CSC12CCc3ccccc3N1C(=O)C2Oc1ccccc1. The van der Waals surface area contributed by atoms with Gasteiger partial charge in [0.2, 0.25) is 6.10 Å². The lowest BCUT2D eigenvalue weighted by Gasteiger charge is -2.58. The van der Waals surface area contributed by atoms with Crippen LogP contribution in [0.3, 0.4) is 0 Å². The number of ether oxygens (including phenoxy) is 1. The van der Waals surface area contributed by atoms with Gasteiger partial charge in [-0.3, -0.25) is 9.69 Å². The van der Waals surface area contributed by atoms with Crippen LogP contribution < -0.4 is 9.64 Å². The molecule has 112 valence electrons. The maximum Gasteiger partial charge on any atom is 0.272 e. The van der Waals surface area contributed by atoms with Crippen molar-refractivity contribution >= 4 is 23.4 Å². The van der Waals surface area contributed by atoms with Gasteiger partial charge in [0.1, 0.15) is 10.6 Å². The van der Waals surface area contributed by atoms with Crippen LogP contribution in [0.25, 0.3) is 0 Å². The first-order valence-corrected chi connectivity index (χ1v) is 8.67. The smallest absolute Gasteiger partial charge is 0.272 e. The normalized spacial score (nSPS) is 26.0. The summed E-state index contributed by atoms with van der Waals surface area (Å²) in [5.74, 6) is 0.818. The van der Waals surface area contributed by atoms with Gasteiger partial charge in [-0.1, -0.05) is 36.4 Å². The third kappa shape index (κ3) is 1.80. The van der Waals surface area contributed by atoms with Crippen LogP contribution in [0.2, 0.25) is 0 Å². The molecule has 2 heterocycles. The van der Waals surface area contributed by atoms with Gasteiger partial charge < -0.3 is 4.74 Å². The molecular formula is C18H17NO2S. The van der Waals surface area contributed by atoms with Crippen LogP contribution in [-0.4, -0.2) is 23.1 Å². The Kier molecular flexibility index (Phi) is 3.15. The van der Waals surface area contributed by atoms with E-state index in [1.807, 2.05) is 53.4 Å². The molecule has 0 bridgehead atoms. The van der Waals surface area contributed by atoms with E-state index in [9.17, 15) is 4.79 Å². The summed E-state index contributed by atoms with van der Waals surface area (Å²) in [6.45, 7) is 0. The largest absolute Gasteiger partial charge is 0.477 e. The molecule has 22 heavy (non-hydrogen) atoms. The molecule has 1 fully saturated rings. The molecule has 2 aliphatic rings. The molecule has 1 saturated heterocycles. The predicted molar refractivity (Wildman–Crippen MR) is 89.4 cm³/mol. The first-order valence-electron chi connectivity index (χ1n) is 7.45. The van der Waals surface area contributed by atoms with Crippen molar-refractivity contribution in [1.29, 1.82) is 0 Å². The Morgan fingerprint density at radius 1 is 1.14 bits per heavy atom. The van der Waals surface area contributed by atoms with E-state index in [1.54, 1.807) is 11.8 Å². The zero-order valence-corrected chi connectivity index (χ0v) is 13.2. The number of β-lactam (4-membered cyclic amide) rings is 1. The van der Waals surface area contributed by atoms with Crippen molar-refractivity contribution in [2.24, 2.45) is 0 Å². The van der Waals surface area contributed by atoms with Crippen LogP contribution in [0.4, 0.5) is 5.69 Å². The van der Waals surface area contributed by atoms with Gasteiger partial charge in [0, 0.05) is 5.69 Å². The molecule has 0 aliphatic carbocycles. The van der Waals surface area contributed by atoms with E-state index >= 15 is 0 Å². The van der Waals surface area contributed by atoms with E-state index in [2.05, 4.69) is 12.3 Å². The number of aryl methyl sites for hydroxylation is 1. The summed E-state index contributed by atoms with van der Waals surface area (Å²) in [6, 6.07) is 17.8. The highest BCUT2D eigenvalue weighted by atomic mass is 32.2. The summed E-state index contributed by atoms with van der Waals surface area (Å²) in [5.41, 5.74) is 2.29. The number of hydrogen-bond acceptors (Lipinski definition) is 3.